The number of carbonyl (C=O) groups is 1. The average molecular weight is 370 g/mol. The molecule has 2 rings (SSSR count). The number of hydrogen-bond acceptors (Lipinski definition) is 4. The maximum Gasteiger partial charge on any atom is 0.306 e. The zero-order valence-corrected chi connectivity index (χ0v) is 17.3. The van der Waals surface area contributed by atoms with Gasteiger partial charge in [0.25, 0.3) is 0 Å². The molecule has 146 valence electrons. The molecule has 0 bridgehead atoms. The van der Waals surface area contributed by atoms with Gasteiger partial charge in [-0.15, -0.1) is 0 Å². The van der Waals surface area contributed by atoms with E-state index in [-0.39, 0.29) is 12.0 Å². The molecule has 1 N–H and O–H groups in total. The van der Waals surface area contributed by atoms with E-state index in [4.69, 9.17) is 9.47 Å². The minimum atomic E-state index is -0.462. The zero-order valence-electron chi connectivity index (χ0n) is 17.3. The monoisotopic (exact) mass is 369 g/mol. The Morgan fingerprint density at radius 1 is 1.04 bits per heavy atom. The Hall–Kier alpha value is -2.49. The van der Waals surface area contributed by atoms with Crippen LogP contribution in [0.4, 0.5) is 5.69 Å². The Morgan fingerprint density at radius 2 is 1.70 bits per heavy atom. The van der Waals surface area contributed by atoms with Crippen LogP contribution >= 0.6 is 0 Å². The first-order valence-corrected chi connectivity index (χ1v) is 9.37. The lowest BCUT2D eigenvalue weighted by atomic mass is 9.97. The molecule has 0 amide bonds. The van der Waals surface area contributed by atoms with Crippen LogP contribution in [0.1, 0.15) is 56.3 Å². The van der Waals surface area contributed by atoms with E-state index in [0.717, 1.165) is 17.0 Å². The quantitative estimate of drug-likeness (QED) is 0.647. The predicted octanol–water partition coefficient (Wildman–Crippen LogP) is 5.59. The van der Waals surface area contributed by atoms with Crippen LogP contribution in [0.25, 0.3) is 0 Å². The van der Waals surface area contributed by atoms with Gasteiger partial charge in [0.05, 0.1) is 13.2 Å². The van der Waals surface area contributed by atoms with Crippen LogP contribution in [0.3, 0.4) is 0 Å². The molecule has 2 aromatic rings. The molecule has 0 fully saturated rings. The summed E-state index contributed by atoms with van der Waals surface area (Å²) >= 11 is 0. The van der Waals surface area contributed by atoms with Crippen molar-refractivity contribution in [3.8, 4) is 5.75 Å². The number of rotatable bonds is 7. The fourth-order valence-corrected chi connectivity index (χ4v) is 2.85. The van der Waals surface area contributed by atoms with E-state index in [1.807, 2.05) is 45.0 Å². The molecule has 0 saturated heterocycles. The number of nitrogens with one attached hydrogen (secondary N) is 1. The van der Waals surface area contributed by atoms with Gasteiger partial charge in [-0.2, -0.15) is 0 Å². The first kappa shape index (κ1) is 20.8. The number of ether oxygens (including phenoxy) is 2. The van der Waals surface area contributed by atoms with E-state index < -0.39 is 5.60 Å². The highest BCUT2D eigenvalue weighted by Gasteiger charge is 2.19. The van der Waals surface area contributed by atoms with Gasteiger partial charge in [0, 0.05) is 12.1 Å². The molecule has 0 aromatic heterocycles. The highest BCUT2D eigenvalue weighted by Crippen LogP contribution is 2.27. The molecule has 0 spiro atoms. The molecule has 0 heterocycles. The van der Waals surface area contributed by atoms with Gasteiger partial charge in [-0.05, 0) is 82.0 Å². The van der Waals surface area contributed by atoms with Crippen molar-refractivity contribution in [3.05, 3.63) is 59.2 Å². The van der Waals surface area contributed by atoms with Gasteiger partial charge in [0.2, 0.25) is 0 Å². The fourth-order valence-electron chi connectivity index (χ4n) is 2.85. The summed E-state index contributed by atoms with van der Waals surface area (Å²) in [5, 5.41) is 3.55. The van der Waals surface area contributed by atoms with Crippen molar-refractivity contribution in [2.45, 2.75) is 59.1 Å². The topological polar surface area (TPSA) is 47.6 Å². The molecule has 1 unspecified atom stereocenters. The number of methoxy groups -OCH3 is 1. The normalized spacial score (nSPS) is 12.4. The Balaban J connectivity index is 2.16. The Morgan fingerprint density at radius 3 is 2.26 bits per heavy atom. The second-order valence-corrected chi connectivity index (χ2v) is 7.89. The lowest BCUT2D eigenvalue weighted by Gasteiger charge is -2.23. The summed E-state index contributed by atoms with van der Waals surface area (Å²) in [5.41, 5.74) is 4.19. The van der Waals surface area contributed by atoms with E-state index in [0.29, 0.717) is 12.8 Å². The van der Waals surface area contributed by atoms with E-state index >= 15 is 0 Å². The van der Waals surface area contributed by atoms with E-state index in [9.17, 15) is 4.79 Å². The van der Waals surface area contributed by atoms with Gasteiger partial charge in [0.1, 0.15) is 11.4 Å². The van der Waals surface area contributed by atoms with Crippen molar-refractivity contribution < 1.29 is 14.3 Å². The van der Waals surface area contributed by atoms with Crippen LogP contribution in [0, 0.1) is 13.8 Å². The van der Waals surface area contributed by atoms with Gasteiger partial charge >= 0.3 is 5.97 Å². The van der Waals surface area contributed by atoms with Crippen molar-refractivity contribution >= 4 is 11.7 Å². The number of carbonyl (C=O) groups excluding carboxylic acids is 1. The molecule has 0 aliphatic rings. The summed E-state index contributed by atoms with van der Waals surface area (Å²) < 4.78 is 10.7. The minimum Gasteiger partial charge on any atom is -0.497 e. The van der Waals surface area contributed by atoms with Crippen molar-refractivity contribution in [3.63, 3.8) is 0 Å². The number of aryl methyl sites for hydroxylation is 2. The second-order valence-electron chi connectivity index (χ2n) is 7.89. The van der Waals surface area contributed by atoms with Crippen molar-refractivity contribution in [1.29, 1.82) is 0 Å². The van der Waals surface area contributed by atoms with E-state index in [1.165, 1.54) is 11.1 Å². The van der Waals surface area contributed by atoms with Crippen LogP contribution < -0.4 is 10.1 Å². The van der Waals surface area contributed by atoms with Crippen molar-refractivity contribution in [2.24, 2.45) is 0 Å². The first-order chi connectivity index (χ1) is 12.7. The molecule has 2 aromatic carbocycles. The smallest absolute Gasteiger partial charge is 0.306 e. The lowest BCUT2D eigenvalue weighted by molar-refractivity contribution is -0.154. The van der Waals surface area contributed by atoms with Gasteiger partial charge in [-0.25, -0.2) is 0 Å². The second kappa shape index (κ2) is 8.94. The summed E-state index contributed by atoms with van der Waals surface area (Å²) in [7, 11) is 1.65. The molecule has 4 nitrogen and oxygen atoms in total. The highest BCUT2D eigenvalue weighted by molar-refractivity contribution is 5.70. The molecule has 0 radical (unpaired) electrons. The molecule has 27 heavy (non-hydrogen) atoms. The molecule has 0 saturated carbocycles. The van der Waals surface area contributed by atoms with Crippen LogP contribution in [0.5, 0.6) is 5.75 Å². The average Bonchev–Trinajstić information content (AvgIpc) is 2.60. The molecular formula is C23H31NO3. The summed E-state index contributed by atoms with van der Waals surface area (Å²) in [5.74, 6) is 0.643. The summed E-state index contributed by atoms with van der Waals surface area (Å²) in [4.78, 5) is 12.2. The maximum absolute atomic E-state index is 12.2. The third-order valence-electron chi connectivity index (χ3n) is 4.42. The van der Waals surface area contributed by atoms with E-state index in [1.54, 1.807) is 7.11 Å². The number of esters is 1. The zero-order chi connectivity index (χ0) is 20.0. The molecule has 1 atom stereocenters. The number of hydrogen-bond donors (Lipinski definition) is 1. The Kier molecular flexibility index (Phi) is 6.89. The predicted molar refractivity (Wildman–Crippen MR) is 110 cm³/mol. The third-order valence-corrected chi connectivity index (χ3v) is 4.42. The van der Waals surface area contributed by atoms with Gasteiger partial charge in [-0.3, -0.25) is 4.79 Å². The third kappa shape index (κ3) is 6.63. The lowest BCUT2D eigenvalue weighted by Crippen LogP contribution is -2.24. The largest absolute Gasteiger partial charge is 0.497 e. The van der Waals surface area contributed by atoms with Gasteiger partial charge in [0.15, 0.2) is 0 Å². The summed E-state index contributed by atoms with van der Waals surface area (Å²) in [6, 6.07) is 14.3. The van der Waals surface area contributed by atoms with Crippen LogP contribution in [0.2, 0.25) is 0 Å². The Bertz CT molecular complexity index is 760. The number of anilines is 1. The highest BCUT2D eigenvalue weighted by atomic mass is 16.6. The Labute approximate surface area is 162 Å². The van der Waals surface area contributed by atoms with E-state index in [2.05, 4.69) is 37.4 Å². The summed E-state index contributed by atoms with van der Waals surface area (Å²) in [6.45, 7) is 9.88. The van der Waals surface area contributed by atoms with Crippen LogP contribution in [-0.2, 0) is 9.53 Å². The standard InChI is InChI=1S/C23H31NO3/c1-16-7-8-18(15-17(16)2)21(13-14-22(25)27-23(3,4)5)24-19-9-11-20(26-6)12-10-19/h7-12,15,21,24H,13-14H2,1-6H3. The number of benzene rings is 2. The van der Waals surface area contributed by atoms with Crippen LogP contribution in [-0.4, -0.2) is 18.7 Å². The van der Waals surface area contributed by atoms with Gasteiger partial charge < -0.3 is 14.8 Å². The first-order valence-electron chi connectivity index (χ1n) is 9.37. The molecule has 4 heteroatoms. The maximum atomic E-state index is 12.2. The fraction of sp³-hybridized carbons (Fsp3) is 0.435. The molecular weight excluding hydrogens is 338 g/mol. The van der Waals surface area contributed by atoms with Gasteiger partial charge in [-0.1, -0.05) is 18.2 Å². The minimum absolute atomic E-state index is 0.0187. The van der Waals surface area contributed by atoms with Crippen molar-refractivity contribution in [1.82, 2.24) is 0 Å². The molecule has 0 aliphatic carbocycles. The molecule has 0 aliphatic heterocycles. The SMILES string of the molecule is COc1ccc(NC(CCC(=O)OC(C)(C)C)c2ccc(C)c(C)c2)cc1. The van der Waals surface area contributed by atoms with Crippen molar-refractivity contribution in [2.75, 3.05) is 12.4 Å². The summed E-state index contributed by atoms with van der Waals surface area (Å²) in [6.07, 6.45) is 1.02. The van der Waals surface area contributed by atoms with Crippen LogP contribution in [0.15, 0.2) is 42.5 Å².